The average Bonchev–Trinajstić information content (AvgIpc) is 2.66. The lowest BCUT2D eigenvalue weighted by Gasteiger charge is -2.27. The maximum Gasteiger partial charge on any atom is 0.254 e. The highest BCUT2D eigenvalue weighted by Gasteiger charge is 2.31. The van der Waals surface area contributed by atoms with Crippen LogP contribution in [0.4, 0.5) is 5.69 Å². The molecule has 1 fully saturated rings. The Morgan fingerprint density at radius 1 is 1.23 bits per heavy atom. The molecule has 1 atom stereocenters. The minimum Gasteiger partial charge on any atom is -0.341 e. The largest absolute Gasteiger partial charge is 0.341 e. The summed E-state index contributed by atoms with van der Waals surface area (Å²) in [4.78, 5) is 38.5. The molecule has 0 unspecified atom stereocenters. The Morgan fingerprint density at radius 2 is 1.95 bits per heavy atom. The smallest absolute Gasteiger partial charge is 0.254 e. The molecular formula is C15H17N3O3S. The molecule has 1 aromatic carbocycles. The monoisotopic (exact) mass is 319 g/mol. The van der Waals surface area contributed by atoms with E-state index in [0.717, 1.165) is 11.5 Å². The third-order valence-electron chi connectivity index (χ3n) is 3.79. The van der Waals surface area contributed by atoms with E-state index in [1.54, 1.807) is 29.2 Å². The lowest BCUT2D eigenvalue weighted by Crippen LogP contribution is -2.47. The fourth-order valence-corrected chi connectivity index (χ4v) is 3.47. The molecule has 2 aliphatic rings. The fourth-order valence-electron chi connectivity index (χ4n) is 2.57. The SMILES string of the molecule is O=C1N[C@@H](CC(=O)N2CCSCC2)C(=O)Nc2ccccc21. The van der Waals surface area contributed by atoms with Crippen molar-refractivity contribution < 1.29 is 14.4 Å². The molecule has 0 bridgehead atoms. The van der Waals surface area contributed by atoms with Crippen molar-refractivity contribution in [3.8, 4) is 0 Å². The van der Waals surface area contributed by atoms with Gasteiger partial charge in [-0.1, -0.05) is 12.1 Å². The normalized spacial score (nSPS) is 21.5. The van der Waals surface area contributed by atoms with Crippen LogP contribution in [0.3, 0.4) is 0 Å². The summed E-state index contributed by atoms with van der Waals surface area (Å²) in [5.41, 5.74) is 0.898. The van der Waals surface area contributed by atoms with Gasteiger partial charge >= 0.3 is 0 Å². The van der Waals surface area contributed by atoms with Gasteiger partial charge in [0.1, 0.15) is 6.04 Å². The fraction of sp³-hybridized carbons (Fsp3) is 0.400. The van der Waals surface area contributed by atoms with Crippen LogP contribution in [-0.4, -0.2) is 53.3 Å². The van der Waals surface area contributed by atoms with Gasteiger partial charge in [-0.2, -0.15) is 11.8 Å². The summed E-state index contributed by atoms with van der Waals surface area (Å²) in [6.07, 6.45) is -0.00374. The number of hydrogen-bond donors (Lipinski definition) is 2. The van der Waals surface area contributed by atoms with Crippen LogP contribution in [0.5, 0.6) is 0 Å². The zero-order valence-electron chi connectivity index (χ0n) is 12.0. The molecule has 1 saturated heterocycles. The second-order valence-electron chi connectivity index (χ2n) is 5.26. The maximum atomic E-state index is 12.3. The Morgan fingerprint density at radius 3 is 2.73 bits per heavy atom. The van der Waals surface area contributed by atoms with Gasteiger partial charge in [-0.15, -0.1) is 0 Å². The van der Waals surface area contributed by atoms with Gasteiger partial charge in [0.2, 0.25) is 11.8 Å². The van der Waals surface area contributed by atoms with Gasteiger partial charge in [-0.25, -0.2) is 0 Å². The van der Waals surface area contributed by atoms with Crippen LogP contribution in [0.25, 0.3) is 0 Å². The van der Waals surface area contributed by atoms with E-state index >= 15 is 0 Å². The number of carbonyl (C=O) groups excluding carboxylic acids is 3. The predicted molar refractivity (Wildman–Crippen MR) is 84.8 cm³/mol. The maximum absolute atomic E-state index is 12.3. The van der Waals surface area contributed by atoms with Gasteiger partial charge in [0.05, 0.1) is 17.7 Å². The Hall–Kier alpha value is -2.02. The van der Waals surface area contributed by atoms with E-state index in [2.05, 4.69) is 10.6 Å². The third-order valence-corrected chi connectivity index (χ3v) is 4.74. The Labute approximate surface area is 132 Å². The molecule has 116 valence electrons. The van der Waals surface area contributed by atoms with Crippen molar-refractivity contribution >= 4 is 35.2 Å². The molecule has 3 amide bonds. The number of thioether (sulfide) groups is 1. The molecule has 2 N–H and O–H groups in total. The van der Waals surface area contributed by atoms with Crippen molar-refractivity contribution in [2.24, 2.45) is 0 Å². The predicted octanol–water partition coefficient (Wildman–Crippen LogP) is 0.703. The average molecular weight is 319 g/mol. The highest BCUT2D eigenvalue weighted by atomic mass is 32.2. The van der Waals surface area contributed by atoms with E-state index in [-0.39, 0.29) is 24.1 Å². The lowest BCUT2D eigenvalue weighted by atomic mass is 10.1. The standard InChI is InChI=1S/C15H17N3O3S/c19-13(18-5-7-22-8-6-18)9-12-15(21)16-11-4-2-1-3-10(11)14(20)17-12/h1-4,12H,5-9H2,(H,16,21)(H,17,20)/t12-/m0/s1. The van der Waals surface area contributed by atoms with E-state index in [0.29, 0.717) is 24.3 Å². The van der Waals surface area contributed by atoms with Crippen LogP contribution in [0.1, 0.15) is 16.8 Å². The first-order valence-electron chi connectivity index (χ1n) is 7.21. The zero-order valence-corrected chi connectivity index (χ0v) is 12.8. The van der Waals surface area contributed by atoms with Gasteiger partial charge < -0.3 is 15.5 Å². The molecule has 22 heavy (non-hydrogen) atoms. The van der Waals surface area contributed by atoms with Crippen LogP contribution in [0.15, 0.2) is 24.3 Å². The number of anilines is 1. The van der Waals surface area contributed by atoms with Crippen molar-refractivity contribution in [2.75, 3.05) is 29.9 Å². The number of nitrogens with zero attached hydrogens (tertiary/aromatic N) is 1. The first-order chi connectivity index (χ1) is 10.6. The van der Waals surface area contributed by atoms with Crippen molar-refractivity contribution in [1.82, 2.24) is 10.2 Å². The van der Waals surface area contributed by atoms with Gasteiger partial charge in [0.15, 0.2) is 0 Å². The minimum absolute atomic E-state index is 0.00374. The van der Waals surface area contributed by atoms with Crippen molar-refractivity contribution in [1.29, 1.82) is 0 Å². The van der Waals surface area contributed by atoms with Crippen LogP contribution in [0, 0.1) is 0 Å². The van der Waals surface area contributed by atoms with E-state index in [9.17, 15) is 14.4 Å². The second-order valence-corrected chi connectivity index (χ2v) is 6.48. The van der Waals surface area contributed by atoms with E-state index in [1.165, 1.54) is 0 Å². The third kappa shape index (κ3) is 3.09. The first kappa shape index (κ1) is 14.9. The molecular weight excluding hydrogens is 302 g/mol. The summed E-state index contributed by atoms with van der Waals surface area (Å²) in [6.45, 7) is 1.40. The van der Waals surface area contributed by atoms with Crippen molar-refractivity contribution in [3.63, 3.8) is 0 Å². The second kappa shape index (κ2) is 6.39. The molecule has 2 aliphatic heterocycles. The summed E-state index contributed by atoms with van der Waals surface area (Å²) in [5.74, 6) is 1.06. The number of hydrogen-bond acceptors (Lipinski definition) is 4. The van der Waals surface area contributed by atoms with E-state index < -0.39 is 6.04 Å². The summed E-state index contributed by atoms with van der Waals surface area (Å²) in [6, 6.07) is 5.99. The number of fused-ring (bicyclic) bond motifs is 1. The summed E-state index contributed by atoms with van der Waals surface area (Å²) >= 11 is 1.82. The van der Waals surface area contributed by atoms with E-state index in [1.807, 2.05) is 11.8 Å². The molecule has 1 aromatic rings. The number of benzene rings is 1. The molecule has 0 saturated carbocycles. The molecule has 0 aromatic heterocycles. The highest BCUT2D eigenvalue weighted by Crippen LogP contribution is 2.19. The molecule has 0 radical (unpaired) electrons. The number of carbonyl (C=O) groups is 3. The van der Waals surface area contributed by atoms with Crippen LogP contribution in [0.2, 0.25) is 0 Å². The molecule has 0 aliphatic carbocycles. The van der Waals surface area contributed by atoms with Crippen LogP contribution >= 0.6 is 11.8 Å². The van der Waals surface area contributed by atoms with Crippen LogP contribution < -0.4 is 10.6 Å². The Bertz CT molecular complexity index is 614. The highest BCUT2D eigenvalue weighted by molar-refractivity contribution is 7.99. The number of nitrogens with one attached hydrogen (secondary N) is 2. The Kier molecular flexibility index (Phi) is 4.33. The van der Waals surface area contributed by atoms with Gasteiger partial charge in [0.25, 0.3) is 5.91 Å². The summed E-state index contributed by atoms with van der Waals surface area (Å²) in [5, 5.41) is 5.37. The number of para-hydroxylation sites is 1. The van der Waals surface area contributed by atoms with Gasteiger partial charge in [-0.3, -0.25) is 14.4 Å². The number of rotatable bonds is 2. The molecule has 7 heteroatoms. The van der Waals surface area contributed by atoms with E-state index in [4.69, 9.17) is 0 Å². The Balaban J connectivity index is 1.71. The van der Waals surface area contributed by atoms with Crippen LogP contribution in [-0.2, 0) is 9.59 Å². The number of amides is 3. The first-order valence-corrected chi connectivity index (χ1v) is 8.37. The van der Waals surface area contributed by atoms with Gasteiger partial charge in [-0.05, 0) is 12.1 Å². The molecule has 3 rings (SSSR count). The van der Waals surface area contributed by atoms with Crippen molar-refractivity contribution in [3.05, 3.63) is 29.8 Å². The minimum atomic E-state index is -0.832. The van der Waals surface area contributed by atoms with Crippen molar-refractivity contribution in [2.45, 2.75) is 12.5 Å². The quantitative estimate of drug-likeness (QED) is 0.841. The molecule has 0 spiro atoms. The topological polar surface area (TPSA) is 78.5 Å². The molecule has 2 heterocycles. The zero-order chi connectivity index (χ0) is 15.5. The summed E-state index contributed by atoms with van der Waals surface area (Å²) in [7, 11) is 0. The lowest BCUT2D eigenvalue weighted by molar-refractivity contribution is -0.133. The molecule has 6 nitrogen and oxygen atoms in total. The van der Waals surface area contributed by atoms with Gasteiger partial charge in [0, 0.05) is 24.6 Å². The summed E-state index contributed by atoms with van der Waals surface area (Å²) < 4.78 is 0.